The first kappa shape index (κ1) is 17.5. The highest BCUT2D eigenvalue weighted by atomic mass is 35.5. The quantitative estimate of drug-likeness (QED) is 0.618. The zero-order valence-corrected chi connectivity index (χ0v) is 16.3. The molecule has 5 rings (SSSR count). The summed E-state index contributed by atoms with van der Waals surface area (Å²) in [5.74, 6) is 2.33. The van der Waals surface area contributed by atoms with E-state index in [-0.39, 0.29) is 0 Å². The summed E-state index contributed by atoms with van der Waals surface area (Å²) in [5, 5.41) is 16.5. The van der Waals surface area contributed by atoms with Crippen LogP contribution in [0.5, 0.6) is 0 Å². The van der Waals surface area contributed by atoms with Crippen LogP contribution < -0.4 is 10.2 Å². The molecule has 2 aliphatic rings. The van der Waals surface area contributed by atoms with Crippen molar-refractivity contribution in [1.82, 2.24) is 29.9 Å². The van der Waals surface area contributed by atoms with E-state index in [1.807, 2.05) is 10.9 Å². The highest BCUT2D eigenvalue weighted by Crippen LogP contribution is 2.29. The fraction of sp³-hybridized carbons (Fsp3) is 0.474. The molecule has 146 valence electrons. The Morgan fingerprint density at radius 2 is 2.14 bits per heavy atom. The molecule has 3 aromatic rings. The predicted molar refractivity (Wildman–Crippen MR) is 110 cm³/mol. The van der Waals surface area contributed by atoms with Gasteiger partial charge in [0.05, 0.1) is 28.8 Å². The summed E-state index contributed by atoms with van der Waals surface area (Å²) in [5.41, 5.74) is 0.763. The van der Waals surface area contributed by atoms with Crippen molar-refractivity contribution in [2.24, 2.45) is 5.92 Å². The lowest BCUT2D eigenvalue weighted by molar-refractivity contribution is 0.363. The average molecular weight is 399 g/mol. The van der Waals surface area contributed by atoms with Crippen LogP contribution in [0.4, 0.5) is 11.8 Å². The van der Waals surface area contributed by atoms with Gasteiger partial charge in [-0.1, -0.05) is 23.8 Å². The first-order chi connectivity index (χ1) is 13.8. The van der Waals surface area contributed by atoms with Crippen molar-refractivity contribution >= 4 is 34.4 Å². The van der Waals surface area contributed by atoms with Gasteiger partial charge in [-0.25, -0.2) is 0 Å². The van der Waals surface area contributed by atoms with Crippen LogP contribution in [0.1, 0.15) is 31.7 Å². The van der Waals surface area contributed by atoms with Gasteiger partial charge < -0.3 is 10.2 Å². The monoisotopic (exact) mass is 398 g/mol. The number of hydrogen-bond donors (Lipinski definition) is 2. The standard InChI is InChI=1S/C19H23ClN8/c20-14-8-23-28(10-14)15-11-27(12-15)19-24-17(16-9-22-26-18(16)25-19)21-7-6-13-4-2-1-3-5-13/h1-2,8-10,13,15H,3-7,11-12H2,(H2,21,22,24,25,26). The molecule has 1 saturated heterocycles. The van der Waals surface area contributed by atoms with Crippen LogP contribution in [0.2, 0.25) is 5.02 Å². The number of H-pyrrole nitrogens is 1. The Morgan fingerprint density at radius 3 is 2.93 bits per heavy atom. The fourth-order valence-electron chi connectivity index (χ4n) is 3.91. The molecule has 4 heterocycles. The van der Waals surface area contributed by atoms with Crippen molar-refractivity contribution in [3.8, 4) is 0 Å². The Morgan fingerprint density at radius 1 is 1.21 bits per heavy atom. The molecule has 8 nitrogen and oxygen atoms in total. The van der Waals surface area contributed by atoms with Crippen LogP contribution >= 0.6 is 11.6 Å². The highest BCUT2D eigenvalue weighted by Gasteiger charge is 2.31. The smallest absolute Gasteiger partial charge is 0.229 e. The summed E-state index contributed by atoms with van der Waals surface area (Å²) >= 11 is 5.97. The van der Waals surface area contributed by atoms with E-state index in [9.17, 15) is 0 Å². The SMILES string of the molecule is Clc1cnn(C2CN(c3nc(NCCC4CC=CCC4)c4cn[nH]c4n3)C2)c1. The van der Waals surface area contributed by atoms with Gasteiger partial charge >= 0.3 is 0 Å². The summed E-state index contributed by atoms with van der Waals surface area (Å²) in [6.45, 7) is 2.53. The average Bonchev–Trinajstić information content (AvgIpc) is 3.30. The van der Waals surface area contributed by atoms with Gasteiger partial charge in [0.15, 0.2) is 5.65 Å². The fourth-order valence-corrected chi connectivity index (χ4v) is 4.06. The third-order valence-electron chi connectivity index (χ3n) is 5.61. The Hall–Kier alpha value is -2.61. The van der Waals surface area contributed by atoms with Crippen LogP contribution in [0, 0.1) is 5.92 Å². The van der Waals surface area contributed by atoms with Gasteiger partial charge in [0.1, 0.15) is 5.82 Å². The van der Waals surface area contributed by atoms with E-state index in [1.54, 1.807) is 12.4 Å². The molecular formula is C19H23ClN8. The molecule has 0 bridgehead atoms. The summed E-state index contributed by atoms with van der Waals surface area (Å²) in [6, 6.07) is 0.296. The first-order valence-corrected chi connectivity index (χ1v) is 10.2. The van der Waals surface area contributed by atoms with Crippen molar-refractivity contribution in [1.29, 1.82) is 0 Å². The number of aromatic amines is 1. The van der Waals surface area contributed by atoms with Crippen molar-refractivity contribution < 1.29 is 0 Å². The normalized spacial score (nSPS) is 19.9. The Labute approximate surface area is 168 Å². The molecule has 3 aromatic heterocycles. The molecule has 1 aliphatic heterocycles. The van der Waals surface area contributed by atoms with E-state index in [1.165, 1.54) is 19.3 Å². The molecule has 2 N–H and O–H groups in total. The maximum atomic E-state index is 5.97. The van der Waals surface area contributed by atoms with E-state index in [0.29, 0.717) is 17.0 Å². The molecule has 1 unspecified atom stereocenters. The van der Waals surface area contributed by atoms with Crippen LogP contribution in [0.15, 0.2) is 30.7 Å². The van der Waals surface area contributed by atoms with Crippen molar-refractivity contribution in [3.63, 3.8) is 0 Å². The van der Waals surface area contributed by atoms with Gasteiger partial charge in [0.25, 0.3) is 0 Å². The maximum Gasteiger partial charge on any atom is 0.229 e. The Kier molecular flexibility index (Phi) is 4.64. The number of rotatable bonds is 6. The van der Waals surface area contributed by atoms with Gasteiger partial charge in [-0.2, -0.15) is 20.2 Å². The highest BCUT2D eigenvalue weighted by molar-refractivity contribution is 6.30. The lowest BCUT2D eigenvalue weighted by Crippen LogP contribution is -2.48. The van der Waals surface area contributed by atoms with E-state index in [0.717, 1.165) is 48.8 Å². The molecule has 0 aromatic carbocycles. The topological polar surface area (TPSA) is 87.5 Å². The minimum atomic E-state index is 0.296. The number of fused-ring (bicyclic) bond motifs is 1. The molecule has 28 heavy (non-hydrogen) atoms. The van der Waals surface area contributed by atoms with E-state index < -0.39 is 0 Å². The van der Waals surface area contributed by atoms with Crippen LogP contribution in [0.3, 0.4) is 0 Å². The number of anilines is 2. The predicted octanol–water partition coefficient (Wildman–Crippen LogP) is 3.42. The molecule has 1 fully saturated rings. The van der Waals surface area contributed by atoms with Gasteiger partial charge in [-0.3, -0.25) is 9.78 Å². The lowest BCUT2D eigenvalue weighted by Gasteiger charge is -2.39. The van der Waals surface area contributed by atoms with Crippen molar-refractivity contribution in [2.75, 3.05) is 29.9 Å². The second-order valence-corrected chi connectivity index (χ2v) is 8.00. The zero-order valence-electron chi connectivity index (χ0n) is 15.6. The largest absolute Gasteiger partial charge is 0.369 e. The van der Waals surface area contributed by atoms with Crippen LogP contribution in [-0.4, -0.2) is 49.6 Å². The van der Waals surface area contributed by atoms with Gasteiger partial charge in [-0.05, 0) is 31.6 Å². The number of halogens is 1. The van der Waals surface area contributed by atoms with Crippen LogP contribution in [-0.2, 0) is 0 Å². The van der Waals surface area contributed by atoms with E-state index >= 15 is 0 Å². The van der Waals surface area contributed by atoms with Gasteiger partial charge in [-0.15, -0.1) is 0 Å². The number of aromatic nitrogens is 6. The number of nitrogens with zero attached hydrogens (tertiary/aromatic N) is 6. The van der Waals surface area contributed by atoms with Crippen molar-refractivity contribution in [2.45, 2.75) is 31.7 Å². The van der Waals surface area contributed by atoms with E-state index in [4.69, 9.17) is 16.6 Å². The summed E-state index contributed by atoms with van der Waals surface area (Å²) < 4.78 is 1.91. The Bertz CT molecular complexity index is 987. The summed E-state index contributed by atoms with van der Waals surface area (Å²) in [4.78, 5) is 11.6. The molecule has 0 spiro atoms. The molecule has 1 aliphatic carbocycles. The lowest BCUT2D eigenvalue weighted by atomic mass is 9.91. The second kappa shape index (κ2) is 7.43. The second-order valence-electron chi connectivity index (χ2n) is 7.57. The molecule has 0 radical (unpaired) electrons. The third kappa shape index (κ3) is 3.44. The molecule has 0 amide bonds. The van der Waals surface area contributed by atoms with Crippen molar-refractivity contribution in [3.05, 3.63) is 35.8 Å². The van der Waals surface area contributed by atoms with Gasteiger partial charge in [0.2, 0.25) is 5.95 Å². The molecule has 9 heteroatoms. The van der Waals surface area contributed by atoms with Gasteiger partial charge in [0, 0.05) is 25.8 Å². The number of nitrogens with one attached hydrogen (secondary N) is 2. The minimum absolute atomic E-state index is 0.296. The van der Waals surface area contributed by atoms with Crippen LogP contribution in [0.25, 0.3) is 11.0 Å². The minimum Gasteiger partial charge on any atom is -0.369 e. The Balaban J connectivity index is 1.27. The summed E-state index contributed by atoms with van der Waals surface area (Å²) in [7, 11) is 0. The molecule has 0 saturated carbocycles. The number of hydrogen-bond acceptors (Lipinski definition) is 6. The maximum absolute atomic E-state index is 5.97. The number of allylic oxidation sites excluding steroid dienone is 2. The summed E-state index contributed by atoms with van der Waals surface area (Å²) in [6.07, 6.45) is 14.7. The third-order valence-corrected chi connectivity index (χ3v) is 5.81. The first-order valence-electron chi connectivity index (χ1n) is 9.81. The molecular weight excluding hydrogens is 376 g/mol. The molecule has 1 atom stereocenters. The zero-order chi connectivity index (χ0) is 18.9. The van der Waals surface area contributed by atoms with E-state index in [2.05, 4.69) is 42.6 Å².